The third kappa shape index (κ3) is 5.56. The van der Waals surface area contributed by atoms with Crippen LogP contribution in [0.15, 0.2) is 35.7 Å². The topological polar surface area (TPSA) is 101 Å². The van der Waals surface area contributed by atoms with Crippen LogP contribution in [-0.2, 0) is 20.7 Å². The maximum atomic E-state index is 14.6. The molecule has 1 aromatic carbocycles. The zero-order valence-electron chi connectivity index (χ0n) is 24.9. The van der Waals surface area contributed by atoms with Crippen LogP contribution in [-0.4, -0.2) is 102 Å². The Morgan fingerprint density at radius 3 is 2.86 bits per heavy atom. The van der Waals surface area contributed by atoms with Crippen molar-refractivity contribution in [2.24, 2.45) is 5.92 Å². The first kappa shape index (κ1) is 29.8. The summed E-state index contributed by atoms with van der Waals surface area (Å²) in [7, 11) is 2.15. The molecule has 4 fully saturated rings. The van der Waals surface area contributed by atoms with Crippen molar-refractivity contribution in [1.82, 2.24) is 25.3 Å². The van der Waals surface area contributed by atoms with Gasteiger partial charge in [0.2, 0.25) is 5.91 Å². The highest BCUT2D eigenvalue weighted by Crippen LogP contribution is 2.52. The van der Waals surface area contributed by atoms with E-state index in [0.717, 1.165) is 38.6 Å². The standard InChI is InChI=1S/C32H44N6O3S/c1-4-27(39)38-18-17-37(19-22(38)12-15-33)30-25-11-14-32(13-10-24-21(2)7-5-9-26(24)42-32)29(40)28(25)34-31(35-30)41-20-23-8-6-16-36(23)3/h4-5,7,9,22-23,25,28,30-31,34-35H,1,6,8,10-14,16-20H2,2-3H3/t22?,23?,25?,28?,30?,31?,32-/m0/s1. The minimum absolute atomic E-state index is 0.0704. The molecule has 2 N–H and O–H groups in total. The molecule has 1 saturated carbocycles. The molecule has 9 nitrogen and oxygen atoms in total. The number of ether oxygens (including phenoxy) is 1. The highest BCUT2D eigenvalue weighted by atomic mass is 32.2. The first-order valence-electron chi connectivity index (χ1n) is 15.5. The average molecular weight is 593 g/mol. The number of hydrogen-bond donors (Lipinski definition) is 2. The van der Waals surface area contributed by atoms with Crippen LogP contribution in [0.25, 0.3) is 0 Å². The zero-order chi connectivity index (χ0) is 29.4. The first-order valence-corrected chi connectivity index (χ1v) is 16.3. The van der Waals surface area contributed by atoms with E-state index in [-0.39, 0.29) is 36.5 Å². The molecule has 6 unspecified atom stereocenters. The van der Waals surface area contributed by atoms with Crippen LogP contribution in [0.1, 0.15) is 49.7 Å². The number of amides is 1. The van der Waals surface area contributed by atoms with E-state index in [0.29, 0.717) is 38.1 Å². The SMILES string of the molecule is C=CC(=O)N1CCN(C2NC(OCC3CCCN3C)NC3C(=O)[C@]4(CCc5c(C)cccc5S4)CCC32)CC1CC#N. The minimum Gasteiger partial charge on any atom is -0.348 e. The Balaban J connectivity index is 1.24. The number of benzene rings is 1. The molecule has 1 amide bonds. The van der Waals surface area contributed by atoms with Gasteiger partial charge in [-0.2, -0.15) is 5.26 Å². The molecule has 226 valence electrons. The number of carbonyl (C=O) groups excluding carboxylic acids is 2. The Labute approximate surface area is 254 Å². The summed E-state index contributed by atoms with van der Waals surface area (Å²) in [6.07, 6.45) is 6.92. The van der Waals surface area contributed by atoms with Gasteiger partial charge in [0, 0.05) is 36.5 Å². The van der Waals surface area contributed by atoms with E-state index in [4.69, 9.17) is 4.74 Å². The first-order chi connectivity index (χ1) is 20.3. The number of aryl methyl sites for hydroxylation is 1. The predicted molar refractivity (Wildman–Crippen MR) is 163 cm³/mol. The molecule has 6 rings (SSSR count). The zero-order valence-corrected chi connectivity index (χ0v) is 25.7. The highest BCUT2D eigenvalue weighted by molar-refractivity contribution is 8.01. The monoisotopic (exact) mass is 592 g/mol. The van der Waals surface area contributed by atoms with Gasteiger partial charge in [-0.3, -0.25) is 25.1 Å². The number of likely N-dealkylation sites (tertiary alicyclic amines) is 1. The van der Waals surface area contributed by atoms with E-state index >= 15 is 0 Å². The summed E-state index contributed by atoms with van der Waals surface area (Å²) >= 11 is 1.78. The number of Topliss-reactive ketones (excluding diaryl/α,β-unsaturated/α-hetero) is 1. The Bertz CT molecular complexity index is 1250. The van der Waals surface area contributed by atoms with Gasteiger partial charge < -0.3 is 14.5 Å². The van der Waals surface area contributed by atoms with Gasteiger partial charge in [0.1, 0.15) is 0 Å². The van der Waals surface area contributed by atoms with Crippen LogP contribution in [0.2, 0.25) is 0 Å². The van der Waals surface area contributed by atoms with E-state index < -0.39 is 11.1 Å². The Morgan fingerprint density at radius 2 is 2.10 bits per heavy atom. The molecule has 1 aromatic rings. The second kappa shape index (κ2) is 12.4. The van der Waals surface area contributed by atoms with Gasteiger partial charge in [-0.15, -0.1) is 11.8 Å². The number of nitrogens with one attached hydrogen (secondary N) is 2. The summed E-state index contributed by atoms with van der Waals surface area (Å²) in [5.74, 6) is 0.233. The fraction of sp³-hybridized carbons (Fsp3) is 0.656. The van der Waals surface area contributed by atoms with Gasteiger partial charge in [-0.1, -0.05) is 18.7 Å². The number of carbonyl (C=O) groups is 2. The predicted octanol–water partition coefficient (Wildman–Crippen LogP) is 2.65. The number of piperazine rings is 1. The fourth-order valence-electron chi connectivity index (χ4n) is 7.92. The van der Waals surface area contributed by atoms with E-state index in [1.807, 2.05) is 0 Å². The Hall–Kier alpha value is -2.26. The quantitative estimate of drug-likeness (QED) is 0.483. The van der Waals surface area contributed by atoms with E-state index in [1.54, 1.807) is 16.7 Å². The lowest BCUT2D eigenvalue weighted by atomic mass is 9.71. The summed E-state index contributed by atoms with van der Waals surface area (Å²) in [5, 5.41) is 16.9. The van der Waals surface area contributed by atoms with Crippen molar-refractivity contribution in [3.63, 3.8) is 0 Å². The van der Waals surface area contributed by atoms with E-state index in [2.05, 4.69) is 65.3 Å². The van der Waals surface area contributed by atoms with Crippen molar-refractivity contribution < 1.29 is 14.3 Å². The number of hydrogen-bond acceptors (Lipinski definition) is 9. The van der Waals surface area contributed by atoms with E-state index in [9.17, 15) is 14.9 Å². The second-order valence-electron chi connectivity index (χ2n) is 12.7. The largest absolute Gasteiger partial charge is 0.348 e. The lowest BCUT2D eigenvalue weighted by Gasteiger charge is -2.55. The van der Waals surface area contributed by atoms with Gasteiger partial charge in [-0.05, 0) is 82.3 Å². The van der Waals surface area contributed by atoms with Crippen LogP contribution in [0, 0.1) is 24.2 Å². The lowest BCUT2D eigenvalue weighted by molar-refractivity contribution is -0.145. The average Bonchev–Trinajstić information content (AvgIpc) is 3.42. The number of nitrogens with zero attached hydrogens (tertiary/aromatic N) is 4. The van der Waals surface area contributed by atoms with Crippen molar-refractivity contribution in [3.8, 4) is 6.07 Å². The van der Waals surface area contributed by atoms with Gasteiger partial charge in [0.25, 0.3) is 0 Å². The number of thioether (sulfide) groups is 1. The molecule has 0 aromatic heterocycles. The summed E-state index contributed by atoms with van der Waals surface area (Å²) in [6, 6.07) is 8.56. The molecule has 5 aliphatic rings. The number of ketones is 1. The van der Waals surface area contributed by atoms with Gasteiger partial charge in [-0.25, -0.2) is 0 Å². The third-order valence-electron chi connectivity index (χ3n) is 10.4. The summed E-state index contributed by atoms with van der Waals surface area (Å²) in [4.78, 5) is 34.8. The molecule has 0 radical (unpaired) electrons. The molecule has 1 aliphatic carbocycles. The van der Waals surface area contributed by atoms with Gasteiger partial charge >= 0.3 is 0 Å². The summed E-state index contributed by atoms with van der Waals surface area (Å²) in [6.45, 7) is 9.29. The number of fused-ring (bicyclic) bond motifs is 2. The summed E-state index contributed by atoms with van der Waals surface area (Å²) < 4.78 is 6.05. The maximum Gasteiger partial charge on any atom is 0.246 e. The van der Waals surface area contributed by atoms with Gasteiger partial charge in [0.05, 0.1) is 42.1 Å². The van der Waals surface area contributed by atoms with Crippen LogP contribution >= 0.6 is 11.8 Å². The molecule has 1 spiro atoms. The molecule has 3 saturated heterocycles. The Kier molecular flexibility index (Phi) is 8.79. The van der Waals surface area contributed by atoms with Crippen LogP contribution in [0.3, 0.4) is 0 Å². The number of rotatable bonds is 6. The van der Waals surface area contributed by atoms with Crippen molar-refractivity contribution in [2.45, 2.75) is 92.2 Å². The van der Waals surface area contributed by atoms with Crippen molar-refractivity contribution in [2.75, 3.05) is 39.8 Å². The molecule has 4 aliphatic heterocycles. The van der Waals surface area contributed by atoms with Crippen LogP contribution in [0.5, 0.6) is 0 Å². The maximum absolute atomic E-state index is 14.6. The molecule has 7 atom stereocenters. The molecular formula is C32H44N6O3S. The fourth-order valence-corrected chi connectivity index (χ4v) is 9.52. The van der Waals surface area contributed by atoms with Gasteiger partial charge in [0.15, 0.2) is 12.1 Å². The van der Waals surface area contributed by atoms with Crippen molar-refractivity contribution in [3.05, 3.63) is 42.0 Å². The third-order valence-corrected chi connectivity index (χ3v) is 12.0. The Morgan fingerprint density at radius 1 is 1.24 bits per heavy atom. The molecule has 10 heteroatoms. The lowest BCUT2D eigenvalue weighted by Crippen LogP contribution is -2.75. The van der Waals surface area contributed by atoms with Crippen molar-refractivity contribution in [1.29, 1.82) is 5.26 Å². The highest BCUT2D eigenvalue weighted by Gasteiger charge is 2.55. The molecular weight excluding hydrogens is 548 g/mol. The number of nitriles is 1. The molecule has 0 bridgehead atoms. The van der Waals surface area contributed by atoms with Crippen LogP contribution < -0.4 is 10.6 Å². The van der Waals surface area contributed by atoms with Crippen LogP contribution in [0.4, 0.5) is 0 Å². The second-order valence-corrected chi connectivity index (χ2v) is 14.1. The summed E-state index contributed by atoms with van der Waals surface area (Å²) in [5.41, 5.74) is 2.69. The van der Waals surface area contributed by atoms with Crippen molar-refractivity contribution >= 4 is 23.5 Å². The van der Waals surface area contributed by atoms with E-state index in [1.165, 1.54) is 28.5 Å². The smallest absolute Gasteiger partial charge is 0.246 e. The number of likely N-dealkylation sites (N-methyl/N-ethyl adjacent to an activating group) is 1. The minimum atomic E-state index is -0.449. The molecule has 4 heterocycles. The molecule has 42 heavy (non-hydrogen) atoms. The normalized spacial score (nSPS) is 35.5.